The highest BCUT2D eigenvalue weighted by Crippen LogP contribution is 2.35. The van der Waals surface area contributed by atoms with Crippen LogP contribution in [0, 0.1) is 0 Å². The van der Waals surface area contributed by atoms with Crippen LogP contribution in [0.5, 0.6) is 5.75 Å². The van der Waals surface area contributed by atoms with E-state index in [9.17, 15) is 0 Å². The molecule has 21 heavy (non-hydrogen) atoms. The average molecular weight is 331 g/mol. The Balaban J connectivity index is 0.00000200. The third-order valence-electron chi connectivity index (χ3n) is 3.25. The molecule has 3 N–H and O–H groups in total. The summed E-state index contributed by atoms with van der Waals surface area (Å²) in [4.78, 5) is 0. The van der Waals surface area contributed by atoms with Gasteiger partial charge in [-0.1, -0.05) is 30.3 Å². The van der Waals surface area contributed by atoms with E-state index in [2.05, 4.69) is 23.5 Å². The van der Waals surface area contributed by atoms with Crippen LogP contribution in [-0.4, -0.2) is 13.3 Å². The number of ether oxygens (including phenoxy) is 1. The fourth-order valence-corrected chi connectivity index (χ4v) is 2.26. The van der Waals surface area contributed by atoms with E-state index in [0.717, 1.165) is 16.7 Å². The molecule has 0 aromatic heterocycles. The fourth-order valence-electron chi connectivity index (χ4n) is 2.26. The topological polar surface area (TPSA) is 47.3 Å². The first-order valence-electron chi connectivity index (χ1n) is 6.58. The standard InChI is InChI=1S/C16H22N2O.2ClH/c1-11(18-4)19-14-10-9-12-7-5-6-8-13(12)15(14)16(2,3)17;;/h5-11,18H,17H2,1-4H3;2*1H. The molecule has 3 nitrogen and oxygen atoms in total. The SMILES string of the molecule is CNC(C)Oc1ccc2ccccc2c1C(C)(C)N.Cl.Cl. The molecule has 118 valence electrons. The minimum absolute atomic E-state index is 0. The van der Waals surface area contributed by atoms with Gasteiger partial charge < -0.3 is 10.5 Å². The van der Waals surface area contributed by atoms with Crippen LogP contribution in [0.3, 0.4) is 0 Å². The third-order valence-corrected chi connectivity index (χ3v) is 3.25. The van der Waals surface area contributed by atoms with Crippen molar-refractivity contribution in [3.8, 4) is 5.75 Å². The Labute approximate surface area is 139 Å². The lowest BCUT2D eigenvalue weighted by molar-refractivity contribution is 0.189. The van der Waals surface area contributed by atoms with E-state index in [4.69, 9.17) is 10.5 Å². The number of benzene rings is 2. The van der Waals surface area contributed by atoms with Crippen molar-refractivity contribution in [1.82, 2.24) is 5.32 Å². The Morgan fingerprint density at radius 3 is 2.29 bits per heavy atom. The zero-order valence-corrected chi connectivity index (χ0v) is 14.5. The van der Waals surface area contributed by atoms with Gasteiger partial charge in [-0.3, -0.25) is 5.32 Å². The highest BCUT2D eigenvalue weighted by atomic mass is 35.5. The van der Waals surface area contributed by atoms with Gasteiger partial charge >= 0.3 is 0 Å². The van der Waals surface area contributed by atoms with Crippen LogP contribution in [0.1, 0.15) is 26.3 Å². The molecule has 0 aliphatic carbocycles. The number of nitrogens with two attached hydrogens (primary N) is 1. The first kappa shape index (κ1) is 20.0. The molecule has 5 heteroatoms. The lowest BCUT2D eigenvalue weighted by Gasteiger charge is -2.26. The van der Waals surface area contributed by atoms with E-state index in [1.165, 1.54) is 5.39 Å². The summed E-state index contributed by atoms with van der Waals surface area (Å²) in [6, 6.07) is 12.3. The molecule has 0 saturated heterocycles. The molecule has 0 aliphatic heterocycles. The van der Waals surface area contributed by atoms with E-state index in [0.29, 0.717) is 0 Å². The van der Waals surface area contributed by atoms with Crippen molar-refractivity contribution in [2.75, 3.05) is 7.05 Å². The molecular weight excluding hydrogens is 307 g/mol. The van der Waals surface area contributed by atoms with E-state index < -0.39 is 5.54 Å². The highest BCUT2D eigenvalue weighted by Gasteiger charge is 2.23. The minimum atomic E-state index is -0.455. The molecule has 0 heterocycles. The van der Waals surface area contributed by atoms with E-state index in [-0.39, 0.29) is 31.0 Å². The minimum Gasteiger partial charge on any atom is -0.475 e. The molecule has 2 rings (SSSR count). The van der Waals surface area contributed by atoms with Crippen molar-refractivity contribution < 1.29 is 4.74 Å². The van der Waals surface area contributed by atoms with Crippen molar-refractivity contribution in [1.29, 1.82) is 0 Å². The number of fused-ring (bicyclic) bond motifs is 1. The lowest BCUT2D eigenvalue weighted by atomic mass is 9.89. The molecule has 1 atom stereocenters. The Morgan fingerprint density at radius 2 is 1.71 bits per heavy atom. The maximum Gasteiger partial charge on any atom is 0.147 e. The van der Waals surface area contributed by atoms with E-state index in [1.807, 2.05) is 46.0 Å². The molecule has 2 aromatic rings. The summed E-state index contributed by atoms with van der Waals surface area (Å²) in [5, 5.41) is 5.41. The summed E-state index contributed by atoms with van der Waals surface area (Å²) in [6.07, 6.45) is -0.0535. The zero-order chi connectivity index (χ0) is 14.0. The molecule has 0 saturated carbocycles. The van der Waals surface area contributed by atoms with Crippen molar-refractivity contribution in [3.63, 3.8) is 0 Å². The lowest BCUT2D eigenvalue weighted by Crippen LogP contribution is -2.32. The highest BCUT2D eigenvalue weighted by molar-refractivity contribution is 5.88. The van der Waals surface area contributed by atoms with Gasteiger partial charge in [-0.05, 0) is 44.7 Å². The van der Waals surface area contributed by atoms with Crippen LogP contribution in [0.25, 0.3) is 10.8 Å². The fraction of sp³-hybridized carbons (Fsp3) is 0.375. The molecule has 0 fully saturated rings. The molecular formula is C16H24Cl2N2O. The zero-order valence-electron chi connectivity index (χ0n) is 12.8. The quantitative estimate of drug-likeness (QED) is 0.837. The normalized spacial score (nSPS) is 12.2. The van der Waals surface area contributed by atoms with Crippen LogP contribution in [-0.2, 0) is 5.54 Å². The van der Waals surface area contributed by atoms with E-state index in [1.54, 1.807) is 0 Å². The Bertz CT molecular complexity index is 582. The Kier molecular flexibility index (Phi) is 7.48. The summed E-state index contributed by atoms with van der Waals surface area (Å²) in [5.41, 5.74) is 6.93. The maximum atomic E-state index is 6.34. The number of hydrogen-bond donors (Lipinski definition) is 2. The van der Waals surface area contributed by atoms with Gasteiger partial charge in [0.1, 0.15) is 12.0 Å². The summed E-state index contributed by atoms with van der Waals surface area (Å²) in [5.74, 6) is 0.841. The molecule has 2 aromatic carbocycles. The molecule has 0 amide bonds. The second-order valence-corrected chi connectivity index (χ2v) is 5.43. The van der Waals surface area contributed by atoms with Crippen LogP contribution < -0.4 is 15.8 Å². The average Bonchev–Trinajstić information content (AvgIpc) is 2.36. The predicted octanol–water partition coefficient (Wildman–Crippen LogP) is 3.82. The van der Waals surface area contributed by atoms with Crippen molar-refractivity contribution >= 4 is 35.6 Å². The van der Waals surface area contributed by atoms with Gasteiger partial charge in [0.25, 0.3) is 0 Å². The van der Waals surface area contributed by atoms with Crippen molar-refractivity contribution in [3.05, 3.63) is 42.0 Å². The van der Waals surface area contributed by atoms with Gasteiger partial charge in [0, 0.05) is 11.1 Å². The van der Waals surface area contributed by atoms with Crippen LogP contribution in [0.4, 0.5) is 0 Å². The number of rotatable bonds is 4. The van der Waals surface area contributed by atoms with Gasteiger partial charge in [0.05, 0.1) is 0 Å². The number of halogens is 2. The summed E-state index contributed by atoms with van der Waals surface area (Å²) >= 11 is 0. The van der Waals surface area contributed by atoms with Crippen LogP contribution in [0.15, 0.2) is 36.4 Å². The van der Waals surface area contributed by atoms with Gasteiger partial charge in [0.2, 0.25) is 0 Å². The maximum absolute atomic E-state index is 6.34. The van der Waals surface area contributed by atoms with Crippen LogP contribution in [0.2, 0.25) is 0 Å². The van der Waals surface area contributed by atoms with E-state index >= 15 is 0 Å². The molecule has 0 spiro atoms. The Morgan fingerprint density at radius 1 is 1.10 bits per heavy atom. The molecule has 0 aliphatic rings. The number of nitrogens with one attached hydrogen (secondary N) is 1. The molecule has 0 radical (unpaired) electrons. The van der Waals surface area contributed by atoms with Gasteiger partial charge in [-0.25, -0.2) is 0 Å². The largest absolute Gasteiger partial charge is 0.475 e. The van der Waals surface area contributed by atoms with Crippen LogP contribution >= 0.6 is 24.8 Å². The third kappa shape index (κ3) is 4.48. The second-order valence-electron chi connectivity index (χ2n) is 5.43. The van der Waals surface area contributed by atoms with Crippen molar-refractivity contribution in [2.24, 2.45) is 5.73 Å². The Hall–Kier alpha value is -1.000. The summed E-state index contributed by atoms with van der Waals surface area (Å²) in [6.45, 7) is 5.99. The number of hydrogen-bond acceptors (Lipinski definition) is 3. The van der Waals surface area contributed by atoms with Gasteiger partial charge in [-0.2, -0.15) is 0 Å². The van der Waals surface area contributed by atoms with Crippen molar-refractivity contribution in [2.45, 2.75) is 32.5 Å². The monoisotopic (exact) mass is 330 g/mol. The molecule has 1 unspecified atom stereocenters. The summed E-state index contributed by atoms with van der Waals surface area (Å²) in [7, 11) is 1.87. The smallest absolute Gasteiger partial charge is 0.147 e. The molecule has 0 bridgehead atoms. The summed E-state index contributed by atoms with van der Waals surface area (Å²) < 4.78 is 5.94. The first-order valence-corrected chi connectivity index (χ1v) is 6.58. The van der Waals surface area contributed by atoms with Gasteiger partial charge in [0.15, 0.2) is 0 Å². The first-order chi connectivity index (χ1) is 8.93. The van der Waals surface area contributed by atoms with Gasteiger partial charge in [-0.15, -0.1) is 24.8 Å². The second kappa shape index (κ2) is 7.85. The predicted molar refractivity (Wildman–Crippen MR) is 94.8 cm³/mol.